The Bertz CT molecular complexity index is 1130. The number of aromatic nitrogens is 1. The zero-order valence-electron chi connectivity index (χ0n) is 15.9. The van der Waals surface area contributed by atoms with Gasteiger partial charge in [-0.2, -0.15) is 0 Å². The van der Waals surface area contributed by atoms with Gasteiger partial charge in [-0.1, -0.05) is 54.6 Å². The van der Waals surface area contributed by atoms with E-state index in [1.807, 2.05) is 60.7 Å². The van der Waals surface area contributed by atoms with Gasteiger partial charge in [0, 0.05) is 6.42 Å². The maximum Gasteiger partial charge on any atom is 0.242 e. The van der Waals surface area contributed by atoms with E-state index in [1.54, 1.807) is 11.3 Å². The summed E-state index contributed by atoms with van der Waals surface area (Å²) >= 11 is 1.66. The number of amides is 2. The van der Waals surface area contributed by atoms with Crippen LogP contribution in [0.25, 0.3) is 21.0 Å². The average molecular weight is 404 g/mol. The number of hydrazine groups is 1. The van der Waals surface area contributed by atoms with Gasteiger partial charge in [0.05, 0.1) is 21.6 Å². The monoisotopic (exact) mass is 403 g/mol. The van der Waals surface area contributed by atoms with E-state index in [1.165, 1.54) is 0 Å². The van der Waals surface area contributed by atoms with Crippen molar-refractivity contribution < 1.29 is 9.59 Å². The summed E-state index contributed by atoms with van der Waals surface area (Å²) in [7, 11) is 0. The van der Waals surface area contributed by atoms with Crippen LogP contribution in [0, 0.1) is 0 Å². The number of hydrogen-bond donors (Lipinski definition) is 2. The second-order valence-electron chi connectivity index (χ2n) is 6.84. The van der Waals surface area contributed by atoms with Crippen molar-refractivity contribution in [2.75, 3.05) is 0 Å². The number of hydrogen-bond acceptors (Lipinski definition) is 4. The van der Waals surface area contributed by atoms with Gasteiger partial charge in [0.2, 0.25) is 11.8 Å². The highest BCUT2D eigenvalue weighted by Crippen LogP contribution is 2.22. The summed E-state index contributed by atoms with van der Waals surface area (Å²) < 4.78 is 1.16. The van der Waals surface area contributed by atoms with E-state index in [-0.39, 0.29) is 18.2 Å². The zero-order chi connectivity index (χ0) is 20.1. The number of nitrogens with one attached hydrogen (secondary N) is 2. The molecule has 0 saturated heterocycles. The van der Waals surface area contributed by atoms with Crippen LogP contribution in [-0.4, -0.2) is 16.8 Å². The second-order valence-corrected chi connectivity index (χ2v) is 7.96. The Kier molecular flexibility index (Phi) is 5.81. The number of nitrogens with zero attached hydrogens (tertiary/aromatic N) is 1. The molecule has 4 rings (SSSR count). The van der Waals surface area contributed by atoms with Crippen molar-refractivity contribution in [1.82, 2.24) is 15.8 Å². The first-order chi connectivity index (χ1) is 14.2. The number of para-hydroxylation sites is 1. The molecule has 2 amide bonds. The van der Waals surface area contributed by atoms with Crippen LogP contribution in [0.3, 0.4) is 0 Å². The summed E-state index contributed by atoms with van der Waals surface area (Å²) in [6.07, 6.45) is 1.99. The SMILES string of the molecule is O=C(CCCc1nc2ccccc2s1)NNC(=O)Cc1cccc2ccccc12. The van der Waals surface area contributed by atoms with Crippen molar-refractivity contribution in [3.63, 3.8) is 0 Å². The fraction of sp³-hybridized carbons (Fsp3) is 0.174. The second kappa shape index (κ2) is 8.84. The normalized spacial score (nSPS) is 10.9. The molecular weight excluding hydrogens is 382 g/mol. The molecular formula is C23H21N3O2S. The van der Waals surface area contributed by atoms with E-state index in [0.717, 1.165) is 38.0 Å². The summed E-state index contributed by atoms with van der Waals surface area (Å²) in [4.78, 5) is 28.8. The van der Waals surface area contributed by atoms with Gasteiger partial charge in [0.1, 0.15) is 0 Å². The van der Waals surface area contributed by atoms with Crippen LogP contribution >= 0.6 is 11.3 Å². The first-order valence-electron chi connectivity index (χ1n) is 9.58. The highest BCUT2D eigenvalue weighted by Gasteiger charge is 2.09. The lowest BCUT2D eigenvalue weighted by Gasteiger charge is -2.09. The summed E-state index contributed by atoms with van der Waals surface area (Å²) in [5, 5.41) is 3.17. The van der Waals surface area contributed by atoms with Crippen LogP contribution in [0.15, 0.2) is 66.7 Å². The molecule has 0 aliphatic rings. The van der Waals surface area contributed by atoms with E-state index in [2.05, 4.69) is 21.9 Å². The van der Waals surface area contributed by atoms with Crippen LogP contribution in [0.5, 0.6) is 0 Å². The number of benzene rings is 3. The molecule has 6 heteroatoms. The summed E-state index contributed by atoms with van der Waals surface area (Å²) in [5.74, 6) is -0.432. The topological polar surface area (TPSA) is 71.1 Å². The van der Waals surface area contributed by atoms with Crippen molar-refractivity contribution in [1.29, 1.82) is 0 Å². The molecule has 1 heterocycles. The van der Waals surface area contributed by atoms with E-state index in [9.17, 15) is 9.59 Å². The minimum absolute atomic E-state index is 0.197. The molecule has 0 radical (unpaired) electrons. The standard InChI is InChI=1S/C23H21N3O2S/c27-21(13-6-14-23-24-19-11-3-4-12-20(19)29-23)25-26-22(28)15-17-9-5-8-16-7-1-2-10-18(16)17/h1-5,7-12H,6,13-15H2,(H,25,27)(H,26,28). The molecule has 146 valence electrons. The van der Waals surface area contributed by atoms with Crippen LogP contribution in [0.2, 0.25) is 0 Å². The third-order valence-electron chi connectivity index (χ3n) is 4.70. The number of aryl methyl sites for hydroxylation is 1. The number of fused-ring (bicyclic) bond motifs is 2. The highest BCUT2D eigenvalue weighted by molar-refractivity contribution is 7.18. The third-order valence-corrected chi connectivity index (χ3v) is 5.80. The molecule has 1 aromatic heterocycles. The van der Waals surface area contributed by atoms with Crippen LogP contribution in [-0.2, 0) is 22.4 Å². The van der Waals surface area contributed by atoms with Crippen LogP contribution in [0.1, 0.15) is 23.4 Å². The molecule has 0 aliphatic heterocycles. The quantitative estimate of drug-likeness (QED) is 0.475. The van der Waals surface area contributed by atoms with E-state index in [0.29, 0.717) is 12.8 Å². The molecule has 0 spiro atoms. The van der Waals surface area contributed by atoms with Crippen molar-refractivity contribution in [2.45, 2.75) is 25.7 Å². The average Bonchev–Trinajstić information content (AvgIpc) is 3.15. The van der Waals surface area contributed by atoms with Gasteiger partial charge in [0.15, 0.2) is 0 Å². The minimum atomic E-state index is -0.235. The van der Waals surface area contributed by atoms with Gasteiger partial charge in [-0.3, -0.25) is 20.4 Å². The Morgan fingerprint density at radius 2 is 1.62 bits per heavy atom. The molecule has 0 bridgehead atoms. The highest BCUT2D eigenvalue weighted by atomic mass is 32.1. The first kappa shape index (κ1) is 19.1. The van der Waals surface area contributed by atoms with E-state index >= 15 is 0 Å². The van der Waals surface area contributed by atoms with Crippen molar-refractivity contribution in [2.24, 2.45) is 0 Å². The molecule has 4 aromatic rings. The lowest BCUT2D eigenvalue weighted by molar-refractivity contribution is -0.128. The van der Waals surface area contributed by atoms with Gasteiger partial charge in [-0.15, -0.1) is 11.3 Å². The maximum absolute atomic E-state index is 12.2. The van der Waals surface area contributed by atoms with Gasteiger partial charge in [-0.25, -0.2) is 4.98 Å². The van der Waals surface area contributed by atoms with Crippen molar-refractivity contribution in [3.8, 4) is 0 Å². The molecule has 0 unspecified atom stereocenters. The Labute approximate surface area is 172 Å². The fourth-order valence-electron chi connectivity index (χ4n) is 3.29. The predicted molar refractivity (Wildman–Crippen MR) is 116 cm³/mol. The number of thiazole rings is 1. The molecule has 0 saturated carbocycles. The molecule has 0 atom stereocenters. The number of carbonyl (C=O) groups is 2. The maximum atomic E-state index is 12.2. The Morgan fingerprint density at radius 1 is 0.862 bits per heavy atom. The molecule has 5 nitrogen and oxygen atoms in total. The number of rotatable bonds is 6. The molecule has 0 fully saturated rings. The number of carbonyl (C=O) groups excluding carboxylic acids is 2. The van der Waals surface area contributed by atoms with Gasteiger partial charge >= 0.3 is 0 Å². The van der Waals surface area contributed by atoms with Gasteiger partial charge in [-0.05, 0) is 41.3 Å². The van der Waals surface area contributed by atoms with Crippen molar-refractivity contribution >= 4 is 44.1 Å². The predicted octanol–water partition coefficient (Wildman–Crippen LogP) is 4.16. The Balaban J connectivity index is 1.23. The molecule has 0 aliphatic carbocycles. The van der Waals surface area contributed by atoms with Crippen LogP contribution < -0.4 is 10.9 Å². The zero-order valence-corrected chi connectivity index (χ0v) is 16.7. The Hall–Kier alpha value is -3.25. The van der Waals surface area contributed by atoms with Gasteiger partial charge in [0.25, 0.3) is 0 Å². The fourth-order valence-corrected chi connectivity index (χ4v) is 4.30. The van der Waals surface area contributed by atoms with Gasteiger partial charge < -0.3 is 0 Å². The van der Waals surface area contributed by atoms with Crippen molar-refractivity contribution in [3.05, 3.63) is 77.3 Å². The van der Waals surface area contributed by atoms with E-state index in [4.69, 9.17) is 0 Å². The summed E-state index contributed by atoms with van der Waals surface area (Å²) in [5.41, 5.74) is 6.96. The molecule has 3 aromatic carbocycles. The third kappa shape index (κ3) is 4.78. The molecule has 2 N–H and O–H groups in total. The largest absolute Gasteiger partial charge is 0.273 e. The van der Waals surface area contributed by atoms with E-state index < -0.39 is 0 Å². The minimum Gasteiger partial charge on any atom is -0.273 e. The first-order valence-corrected chi connectivity index (χ1v) is 10.4. The lowest BCUT2D eigenvalue weighted by atomic mass is 10.0. The smallest absolute Gasteiger partial charge is 0.242 e. The lowest BCUT2D eigenvalue weighted by Crippen LogP contribution is -2.42. The Morgan fingerprint density at radius 3 is 2.52 bits per heavy atom. The molecule has 29 heavy (non-hydrogen) atoms. The summed E-state index contributed by atoms with van der Waals surface area (Å²) in [6, 6.07) is 21.8. The summed E-state index contributed by atoms with van der Waals surface area (Å²) in [6.45, 7) is 0. The van der Waals surface area contributed by atoms with Crippen LogP contribution in [0.4, 0.5) is 0 Å².